The highest BCUT2D eigenvalue weighted by Gasteiger charge is 2.11. The number of rotatable bonds is 6. The lowest BCUT2D eigenvalue weighted by molar-refractivity contribution is 0.112. The van der Waals surface area contributed by atoms with Crippen molar-refractivity contribution in [2.24, 2.45) is 5.92 Å². The predicted molar refractivity (Wildman–Crippen MR) is 73.7 cm³/mol. The normalized spacial score (nSPS) is 19.9. The van der Waals surface area contributed by atoms with Gasteiger partial charge in [0.25, 0.3) is 0 Å². The van der Waals surface area contributed by atoms with Crippen molar-refractivity contribution < 1.29 is 4.74 Å². The molecule has 0 aromatic carbocycles. The molecule has 2 heterocycles. The van der Waals surface area contributed by atoms with E-state index in [-0.39, 0.29) is 0 Å². The Hall–Kier alpha value is -0.640. The maximum Gasteiger partial charge on any atom is 0.129 e. The lowest BCUT2D eigenvalue weighted by Gasteiger charge is -2.22. The van der Waals surface area contributed by atoms with E-state index in [1.54, 1.807) is 12.3 Å². The van der Waals surface area contributed by atoms with E-state index < -0.39 is 0 Å². The van der Waals surface area contributed by atoms with Gasteiger partial charge in [-0.3, -0.25) is 0 Å². The number of ether oxygens (including phenoxy) is 1. The van der Waals surface area contributed by atoms with Gasteiger partial charge in [0.15, 0.2) is 0 Å². The van der Waals surface area contributed by atoms with Crippen molar-refractivity contribution in [1.82, 2.24) is 10.3 Å². The van der Waals surface area contributed by atoms with Crippen LogP contribution < -0.4 is 5.32 Å². The molecular weight excluding hydrogens is 248 g/mol. The van der Waals surface area contributed by atoms with Gasteiger partial charge in [0, 0.05) is 12.8 Å². The maximum absolute atomic E-state index is 5.72. The second-order valence-electron chi connectivity index (χ2n) is 4.90. The summed E-state index contributed by atoms with van der Waals surface area (Å²) in [6.07, 6.45) is 6.88. The Morgan fingerprint density at radius 2 is 2.39 bits per heavy atom. The molecule has 1 atom stereocenters. The Morgan fingerprint density at radius 3 is 3.11 bits per heavy atom. The zero-order valence-corrected chi connectivity index (χ0v) is 11.5. The number of nitrogens with zero attached hydrogens (tertiary/aromatic N) is 1. The molecule has 1 aliphatic heterocycles. The van der Waals surface area contributed by atoms with E-state index in [0.29, 0.717) is 11.8 Å². The topological polar surface area (TPSA) is 34.1 Å². The van der Waals surface area contributed by atoms with Crippen LogP contribution in [-0.2, 0) is 11.3 Å². The Balaban J connectivity index is 1.54. The van der Waals surface area contributed by atoms with E-state index in [1.165, 1.54) is 32.4 Å². The first kappa shape index (κ1) is 13.8. The summed E-state index contributed by atoms with van der Waals surface area (Å²) in [6, 6.07) is 3.76. The number of piperidine rings is 1. The van der Waals surface area contributed by atoms with Gasteiger partial charge in [0.1, 0.15) is 5.15 Å². The third-order valence-corrected chi connectivity index (χ3v) is 3.58. The van der Waals surface area contributed by atoms with Crippen molar-refractivity contribution in [3.8, 4) is 0 Å². The molecular formula is C14H21ClN2O. The maximum atomic E-state index is 5.72. The highest BCUT2D eigenvalue weighted by Crippen LogP contribution is 2.16. The lowest BCUT2D eigenvalue weighted by Crippen LogP contribution is -2.29. The van der Waals surface area contributed by atoms with Crippen LogP contribution in [-0.4, -0.2) is 24.7 Å². The molecule has 0 saturated carbocycles. The minimum atomic E-state index is 0.531. The third kappa shape index (κ3) is 4.92. The summed E-state index contributed by atoms with van der Waals surface area (Å²) in [6.45, 7) is 3.84. The van der Waals surface area contributed by atoms with Crippen LogP contribution in [0.15, 0.2) is 18.3 Å². The first-order chi connectivity index (χ1) is 8.84. The fourth-order valence-corrected chi connectivity index (χ4v) is 2.44. The van der Waals surface area contributed by atoms with Crippen molar-refractivity contribution in [3.05, 3.63) is 29.0 Å². The van der Waals surface area contributed by atoms with Gasteiger partial charge in [0.05, 0.1) is 6.61 Å². The van der Waals surface area contributed by atoms with E-state index in [2.05, 4.69) is 10.3 Å². The molecule has 1 fully saturated rings. The molecule has 2 rings (SSSR count). The number of hydrogen-bond donors (Lipinski definition) is 1. The fraction of sp³-hybridized carbons (Fsp3) is 0.643. The predicted octanol–water partition coefficient (Wildman–Crippen LogP) is 3.03. The number of aromatic nitrogens is 1. The molecule has 1 saturated heterocycles. The molecule has 1 aromatic heterocycles. The standard InChI is InChI=1S/C14H21ClN2O/c15-14-6-5-13(10-17-14)11-18-8-2-4-12-3-1-7-16-9-12/h5-6,10,12,16H,1-4,7-9,11H2/t12-/m0/s1. The lowest BCUT2D eigenvalue weighted by atomic mass is 9.95. The molecule has 0 amide bonds. The molecule has 0 spiro atoms. The van der Waals surface area contributed by atoms with E-state index in [9.17, 15) is 0 Å². The average Bonchev–Trinajstić information content (AvgIpc) is 2.42. The Bertz CT molecular complexity index is 336. The van der Waals surface area contributed by atoms with Crippen molar-refractivity contribution in [3.63, 3.8) is 0 Å². The number of pyridine rings is 1. The van der Waals surface area contributed by atoms with E-state index in [4.69, 9.17) is 16.3 Å². The summed E-state index contributed by atoms with van der Waals surface area (Å²) in [5, 5.41) is 3.98. The van der Waals surface area contributed by atoms with Crippen LogP contribution in [0.4, 0.5) is 0 Å². The molecule has 4 heteroatoms. The quantitative estimate of drug-likeness (QED) is 0.636. The largest absolute Gasteiger partial charge is 0.377 e. The van der Waals surface area contributed by atoms with E-state index in [1.807, 2.05) is 6.07 Å². The fourth-order valence-electron chi connectivity index (χ4n) is 2.33. The van der Waals surface area contributed by atoms with E-state index in [0.717, 1.165) is 24.5 Å². The van der Waals surface area contributed by atoms with Gasteiger partial charge in [-0.05, 0) is 56.3 Å². The molecule has 100 valence electrons. The van der Waals surface area contributed by atoms with Crippen molar-refractivity contribution >= 4 is 11.6 Å². The second kappa shape index (κ2) is 7.72. The Labute approximate surface area is 114 Å². The van der Waals surface area contributed by atoms with Crippen LogP contribution in [0.1, 0.15) is 31.2 Å². The summed E-state index contributed by atoms with van der Waals surface area (Å²) in [7, 11) is 0. The van der Waals surface area contributed by atoms with Crippen LogP contribution in [0.25, 0.3) is 0 Å². The highest BCUT2D eigenvalue weighted by molar-refractivity contribution is 6.29. The zero-order valence-electron chi connectivity index (χ0n) is 10.7. The molecule has 1 aromatic rings. The molecule has 1 aliphatic rings. The summed E-state index contributed by atoms with van der Waals surface area (Å²) >= 11 is 5.72. The number of halogens is 1. The monoisotopic (exact) mass is 268 g/mol. The summed E-state index contributed by atoms with van der Waals surface area (Å²) in [5.74, 6) is 0.847. The SMILES string of the molecule is Clc1ccc(COCCC[C@@H]2CCCNC2)cn1. The minimum absolute atomic E-state index is 0.531. The van der Waals surface area contributed by atoms with Crippen molar-refractivity contribution in [2.75, 3.05) is 19.7 Å². The number of nitrogens with one attached hydrogen (secondary N) is 1. The smallest absolute Gasteiger partial charge is 0.129 e. The zero-order chi connectivity index (χ0) is 12.6. The van der Waals surface area contributed by atoms with Gasteiger partial charge in [-0.1, -0.05) is 17.7 Å². The molecule has 0 unspecified atom stereocenters. The van der Waals surface area contributed by atoms with Crippen molar-refractivity contribution in [2.45, 2.75) is 32.3 Å². The summed E-state index contributed by atoms with van der Waals surface area (Å²) in [4.78, 5) is 4.03. The second-order valence-corrected chi connectivity index (χ2v) is 5.28. The first-order valence-corrected chi connectivity index (χ1v) is 7.11. The number of hydrogen-bond acceptors (Lipinski definition) is 3. The van der Waals surface area contributed by atoms with Crippen LogP contribution in [0.3, 0.4) is 0 Å². The van der Waals surface area contributed by atoms with Gasteiger partial charge in [0.2, 0.25) is 0 Å². The Kier molecular flexibility index (Phi) is 5.91. The molecule has 1 N–H and O–H groups in total. The minimum Gasteiger partial charge on any atom is -0.377 e. The van der Waals surface area contributed by atoms with E-state index >= 15 is 0 Å². The first-order valence-electron chi connectivity index (χ1n) is 6.73. The van der Waals surface area contributed by atoms with Gasteiger partial charge in [-0.2, -0.15) is 0 Å². The van der Waals surface area contributed by atoms with Gasteiger partial charge in [-0.25, -0.2) is 4.98 Å². The highest BCUT2D eigenvalue weighted by atomic mass is 35.5. The van der Waals surface area contributed by atoms with Crippen LogP contribution in [0.2, 0.25) is 5.15 Å². The summed E-state index contributed by atoms with van der Waals surface area (Å²) in [5.41, 5.74) is 1.08. The molecule has 3 nitrogen and oxygen atoms in total. The van der Waals surface area contributed by atoms with Crippen LogP contribution >= 0.6 is 11.6 Å². The molecule has 18 heavy (non-hydrogen) atoms. The van der Waals surface area contributed by atoms with Gasteiger partial charge < -0.3 is 10.1 Å². The average molecular weight is 269 g/mol. The summed E-state index contributed by atoms with van der Waals surface area (Å²) < 4.78 is 5.65. The van der Waals surface area contributed by atoms with Gasteiger partial charge in [-0.15, -0.1) is 0 Å². The van der Waals surface area contributed by atoms with Crippen LogP contribution in [0.5, 0.6) is 0 Å². The van der Waals surface area contributed by atoms with Crippen molar-refractivity contribution in [1.29, 1.82) is 0 Å². The Morgan fingerprint density at radius 1 is 1.44 bits per heavy atom. The molecule has 0 bridgehead atoms. The van der Waals surface area contributed by atoms with Gasteiger partial charge >= 0.3 is 0 Å². The van der Waals surface area contributed by atoms with Crippen LogP contribution in [0, 0.1) is 5.92 Å². The molecule has 0 aliphatic carbocycles. The third-order valence-electron chi connectivity index (χ3n) is 3.36. The molecule has 0 radical (unpaired) electrons.